The highest BCUT2D eigenvalue weighted by molar-refractivity contribution is 5.85. The van der Waals surface area contributed by atoms with Gasteiger partial charge in [-0.2, -0.15) is 0 Å². The summed E-state index contributed by atoms with van der Waals surface area (Å²) < 4.78 is 5.50. The fraction of sp³-hybridized carbons (Fsp3) is 0.950. The lowest BCUT2D eigenvalue weighted by Gasteiger charge is -2.43. The zero-order chi connectivity index (χ0) is 17.8. The molecular weight excluding hydrogens is 385 g/mol. The molecule has 1 aliphatic heterocycles. The van der Waals surface area contributed by atoms with E-state index in [1.54, 1.807) is 0 Å². The number of hydrogen-bond donors (Lipinski definition) is 2. The van der Waals surface area contributed by atoms with Crippen molar-refractivity contribution in [2.24, 2.45) is 17.1 Å². The number of halogens is 2. The quantitative estimate of drug-likeness (QED) is 0.712. The summed E-state index contributed by atoms with van der Waals surface area (Å²) in [5.74, 6) is 0.168. The molecule has 0 aromatic carbocycles. The first-order chi connectivity index (χ1) is 12.0. The maximum absolute atomic E-state index is 12.9. The van der Waals surface area contributed by atoms with Crippen LogP contribution >= 0.6 is 24.8 Å². The average Bonchev–Trinajstić information content (AvgIpc) is 2.61. The van der Waals surface area contributed by atoms with Gasteiger partial charge in [-0.1, -0.05) is 32.1 Å². The van der Waals surface area contributed by atoms with Crippen molar-refractivity contribution in [2.45, 2.75) is 70.3 Å². The van der Waals surface area contributed by atoms with Gasteiger partial charge in [0.1, 0.15) is 0 Å². The topological polar surface area (TPSA) is 67.6 Å². The molecule has 160 valence electrons. The van der Waals surface area contributed by atoms with Crippen LogP contribution in [-0.4, -0.2) is 55.7 Å². The van der Waals surface area contributed by atoms with E-state index in [2.05, 4.69) is 17.1 Å². The van der Waals surface area contributed by atoms with Gasteiger partial charge in [-0.25, -0.2) is 0 Å². The number of carbonyl (C=O) groups excluding carboxylic acids is 1. The molecule has 0 aromatic heterocycles. The van der Waals surface area contributed by atoms with Crippen LogP contribution in [0.15, 0.2) is 0 Å². The molecule has 3 N–H and O–H groups in total. The predicted octanol–water partition coefficient (Wildman–Crippen LogP) is 3.14. The SMILES string of the molecule is CC1(N)CCCCC1C(=O)NCC1(CN2CCOCC2)CCCCC1.Cl.Cl. The molecule has 27 heavy (non-hydrogen) atoms. The van der Waals surface area contributed by atoms with Crippen molar-refractivity contribution >= 4 is 30.7 Å². The number of morpholine rings is 1. The Hall–Kier alpha value is -0.0700. The van der Waals surface area contributed by atoms with Crippen LogP contribution in [0.1, 0.15) is 64.7 Å². The van der Waals surface area contributed by atoms with Crippen LogP contribution in [-0.2, 0) is 9.53 Å². The van der Waals surface area contributed by atoms with E-state index in [1.165, 1.54) is 32.1 Å². The molecule has 2 saturated carbocycles. The highest BCUT2D eigenvalue weighted by atomic mass is 35.5. The van der Waals surface area contributed by atoms with E-state index in [-0.39, 0.29) is 47.6 Å². The Bertz CT molecular complexity index is 451. The fourth-order valence-electron chi connectivity index (χ4n) is 5.11. The summed E-state index contributed by atoms with van der Waals surface area (Å²) in [6, 6.07) is 0. The Balaban J connectivity index is 0.00000182. The number of carbonyl (C=O) groups is 1. The molecule has 7 heteroatoms. The number of nitrogens with one attached hydrogen (secondary N) is 1. The lowest BCUT2D eigenvalue weighted by atomic mass is 9.72. The summed E-state index contributed by atoms with van der Waals surface area (Å²) >= 11 is 0. The molecule has 0 radical (unpaired) electrons. The second-order valence-corrected chi connectivity index (χ2v) is 8.97. The van der Waals surface area contributed by atoms with E-state index in [9.17, 15) is 4.79 Å². The molecule has 0 aromatic rings. The summed E-state index contributed by atoms with van der Waals surface area (Å²) in [6.45, 7) is 7.71. The van der Waals surface area contributed by atoms with E-state index in [0.29, 0.717) is 0 Å². The molecule has 3 aliphatic rings. The molecule has 3 fully saturated rings. The van der Waals surface area contributed by atoms with Crippen molar-refractivity contribution in [3.05, 3.63) is 0 Å². The minimum Gasteiger partial charge on any atom is -0.379 e. The molecule has 2 aliphatic carbocycles. The second-order valence-electron chi connectivity index (χ2n) is 8.97. The Morgan fingerprint density at radius 1 is 1.07 bits per heavy atom. The molecule has 3 rings (SSSR count). The van der Waals surface area contributed by atoms with E-state index in [0.717, 1.165) is 65.1 Å². The van der Waals surface area contributed by atoms with E-state index < -0.39 is 0 Å². The number of nitrogens with two attached hydrogens (primary N) is 1. The summed E-state index contributed by atoms with van der Waals surface area (Å²) in [6.07, 6.45) is 10.6. The van der Waals surface area contributed by atoms with Crippen molar-refractivity contribution in [1.29, 1.82) is 0 Å². The van der Waals surface area contributed by atoms with Gasteiger partial charge in [-0.05, 0) is 32.6 Å². The molecule has 1 saturated heterocycles. The largest absolute Gasteiger partial charge is 0.379 e. The van der Waals surface area contributed by atoms with Gasteiger partial charge in [0.05, 0.1) is 19.1 Å². The average molecular weight is 424 g/mol. The van der Waals surface area contributed by atoms with Gasteiger partial charge < -0.3 is 15.8 Å². The van der Waals surface area contributed by atoms with Gasteiger partial charge in [-0.3, -0.25) is 9.69 Å². The first-order valence-corrected chi connectivity index (χ1v) is 10.4. The predicted molar refractivity (Wildman–Crippen MR) is 115 cm³/mol. The van der Waals surface area contributed by atoms with Gasteiger partial charge in [0.25, 0.3) is 0 Å². The number of rotatable bonds is 5. The Labute approximate surface area is 177 Å². The third-order valence-corrected chi connectivity index (χ3v) is 6.79. The van der Waals surface area contributed by atoms with Crippen LogP contribution in [0.3, 0.4) is 0 Å². The monoisotopic (exact) mass is 423 g/mol. The third-order valence-electron chi connectivity index (χ3n) is 6.79. The molecule has 5 nitrogen and oxygen atoms in total. The van der Waals surface area contributed by atoms with Crippen LogP contribution in [0, 0.1) is 11.3 Å². The molecular formula is C20H39Cl2N3O2. The summed E-state index contributed by atoms with van der Waals surface area (Å²) in [7, 11) is 0. The van der Waals surface area contributed by atoms with Crippen molar-refractivity contribution in [3.63, 3.8) is 0 Å². The van der Waals surface area contributed by atoms with Crippen molar-refractivity contribution in [1.82, 2.24) is 10.2 Å². The molecule has 1 amide bonds. The minimum atomic E-state index is -0.341. The summed E-state index contributed by atoms with van der Waals surface area (Å²) in [4.78, 5) is 15.4. The summed E-state index contributed by atoms with van der Waals surface area (Å²) in [5.41, 5.74) is 6.33. The highest BCUT2D eigenvalue weighted by Crippen LogP contribution is 2.37. The first-order valence-electron chi connectivity index (χ1n) is 10.4. The van der Waals surface area contributed by atoms with Gasteiger partial charge in [0.2, 0.25) is 5.91 Å². The number of ether oxygens (including phenoxy) is 1. The number of nitrogens with zero attached hydrogens (tertiary/aromatic N) is 1. The standard InChI is InChI=1S/C20H37N3O2.2ClH/c1-19(21)8-6-3-7-17(19)18(24)22-15-20(9-4-2-5-10-20)16-23-11-13-25-14-12-23;;/h17H,2-16,21H2,1H3,(H,22,24);2*1H. The van der Waals surface area contributed by atoms with E-state index in [4.69, 9.17) is 10.5 Å². The lowest BCUT2D eigenvalue weighted by Crippen LogP contribution is -2.55. The van der Waals surface area contributed by atoms with Crippen LogP contribution in [0.5, 0.6) is 0 Å². The van der Waals surface area contributed by atoms with Crippen LogP contribution in [0.25, 0.3) is 0 Å². The van der Waals surface area contributed by atoms with Gasteiger partial charge in [-0.15, -0.1) is 24.8 Å². The lowest BCUT2D eigenvalue weighted by molar-refractivity contribution is -0.129. The number of hydrogen-bond acceptors (Lipinski definition) is 4. The third kappa shape index (κ3) is 6.74. The van der Waals surface area contributed by atoms with Gasteiger partial charge in [0.15, 0.2) is 0 Å². The van der Waals surface area contributed by atoms with E-state index >= 15 is 0 Å². The maximum Gasteiger partial charge on any atom is 0.224 e. The van der Waals surface area contributed by atoms with Crippen molar-refractivity contribution in [3.8, 4) is 0 Å². The Kier molecular flexibility index (Phi) is 10.4. The molecule has 2 unspecified atom stereocenters. The zero-order valence-corrected chi connectivity index (χ0v) is 18.5. The maximum atomic E-state index is 12.9. The molecule has 0 spiro atoms. The molecule has 2 atom stereocenters. The van der Waals surface area contributed by atoms with Gasteiger partial charge >= 0.3 is 0 Å². The van der Waals surface area contributed by atoms with Crippen LogP contribution in [0.4, 0.5) is 0 Å². The van der Waals surface area contributed by atoms with Crippen molar-refractivity contribution < 1.29 is 9.53 Å². The van der Waals surface area contributed by atoms with Gasteiger partial charge in [0, 0.05) is 37.1 Å². The Morgan fingerprint density at radius 2 is 1.70 bits per heavy atom. The molecule has 1 heterocycles. The Morgan fingerprint density at radius 3 is 2.33 bits per heavy atom. The van der Waals surface area contributed by atoms with Crippen molar-refractivity contribution in [2.75, 3.05) is 39.4 Å². The van der Waals surface area contributed by atoms with Crippen LogP contribution in [0.2, 0.25) is 0 Å². The highest BCUT2D eigenvalue weighted by Gasteiger charge is 2.40. The summed E-state index contributed by atoms with van der Waals surface area (Å²) in [5, 5.41) is 3.33. The van der Waals surface area contributed by atoms with Crippen LogP contribution < -0.4 is 11.1 Å². The smallest absolute Gasteiger partial charge is 0.224 e. The second kappa shape index (κ2) is 11.2. The zero-order valence-electron chi connectivity index (χ0n) is 16.8. The first kappa shape index (κ1) is 25.0. The van der Waals surface area contributed by atoms with E-state index in [1.807, 2.05) is 0 Å². The number of amides is 1. The molecule has 0 bridgehead atoms. The fourth-order valence-corrected chi connectivity index (χ4v) is 5.11. The minimum absolute atomic E-state index is 0. The normalized spacial score (nSPS) is 31.3.